The van der Waals surface area contributed by atoms with Crippen molar-refractivity contribution in [2.75, 3.05) is 0 Å². The van der Waals surface area contributed by atoms with E-state index in [1.165, 1.54) is 0 Å². The van der Waals surface area contributed by atoms with E-state index in [1.54, 1.807) is 0 Å². The Morgan fingerprint density at radius 1 is 0.857 bits per heavy atom. The summed E-state index contributed by atoms with van der Waals surface area (Å²) in [7, 11) is -4.94. The van der Waals surface area contributed by atoms with Gasteiger partial charge in [0.15, 0.2) is 0 Å². The van der Waals surface area contributed by atoms with Gasteiger partial charge >= 0.3 is 18.9 Å². The fourth-order valence-corrected chi connectivity index (χ4v) is 0. The molecule has 0 aliphatic heterocycles. The van der Waals surface area contributed by atoms with Crippen molar-refractivity contribution in [1.82, 2.24) is 0 Å². The first-order valence-corrected chi connectivity index (χ1v) is 1.85. The molecule has 40 valence electrons. The summed E-state index contributed by atoms with van der Waals surface area (Å²) in [6.07, 6.45) is 0. The van der Waals surface area contributed by atoms with Gasteiger partial charge in [-0.25, -0.2) is 18.6 Å². The fraction of sp³-hybridized carbons (Fsp3) is 0. The molecule has 0 rings (SSSR count). The molecule has 0 fully saturated rings. The Kier molecular flexibility index (Phi) is 10.8. The summed E-state index contributed by atoms with van der Waals surface area (Å²) in [6.45, 7) is 0. The monoisotopic (exact) mass is 124 g/mol. The molecule has 0 aromatic rings. The van der Waals surface area contributed by atoms with Crippen LogP contribution in [0, 0.1) is 10.2 Å². The van der Waals surface area contributed by atoms with E-state index in [1.807, 2.05) is 0 Å². The summed E-state index contributed by atoms with van der Waals surface area (Å²) < 4.78 is 34.0. The summed E-state index contributed by atoms with van der Waals surface area (Å²) in [5, 5.41) is 0. The summed E-state index contributed by atoms with van der Waals surface area (Å²) in [5.74, 6) is 0. The maximum absolute atomic E-state index is 8.49. The molecule has 0 aliphatic rings. The molecule has 0 spiro atoms. The average Bonchev–Trinajstić information content (AvgIpc) is 0.722. The van der Waals surface area contributed by atoms with Crippen LogP contribution in [0.3, 0.4) is 0 Å². The zero-order valence-corrected chi connectivity index (χ0v) is 4.27. The molecule has 7 heteroatoms. The predicted molar refractivity (Wildman–Crippen MR) is 3.61 cm³/mol. The second kappa shape index (κ2) is 4.84. The topological polar surface area (TPSA) is 124 Å². The van der Waals surface area contributed by atoms with Crippen molar-refractivity contribution in [2.45, 2.75) is 0 Å². The van der Waals surface area contributed by atoms with E-state index in [2.05, 4.69) is 0 Å². The largest absolute Gasteiger partial charge is 1.00 e. The van der Waals surface area contributed by atoms with Gasteiger partial charge in [-0.05, 0) is 0 Å². The summed E-state index contributed by atoms with van der Waals surface area (Å²) in [4.78, 5) is 0. The van der Waals surface area contributed by atoms with Gasteiger partial charge in [-0.15, -0.1) is 10.2 Å². The van der Waals surface area contributed by atoms with E-state index in [-0.39, 0.29) is 24.3 Å². The number of rotatable bonds is 0. The number of hydrogen-bond acceptors (Lipinski definition) is 4. The molecule has 0 aromatic heterocycles. The van der Waals surface area contributed by atoms with Crippen molar-refractivity contribution in [3.05, 3.63) is 0 Å². The first-order valence-electron chi connectivity index (χ1n) is 0.617. The minimum absolute atomic E-state index is 0. The Morgan fingerprint density at radius 2 is 0.857 bits per heavy atom. The second-order valence-corrected chi connectivity index (χ2v) is 1.13. The summed E-state index contributed by atoms with van der Waals surface area (Å²) in [5.41, 5.74) is 0. The molecule has 0 heterocycles. The van der Waals surface area contributed by atoms with Gasteiger partial charge in [0.2, 0.25) is 0 Å². The van der Waals surface area contributed by atoms with Crippen LogP contribution in [0.1, 0.15) is 0 Å². The number of hydrogen-bond donors (Lipinski definition) is 0. The van der Waals surface area contributed by atoms with Gasteiger partial charge in [0, 0.05) is 0 Å². The maximum atomic E-state index is 8.49. The predicted octanol–water partition coefficient (Wildman–Crippen LogP) is -8.58. The van der Waals surface area contributed by atoms with Gasteiger partial charge in [-0.3, -0.25) is 0 Å². The fourth-order valence-electron chi connectivity index (χ4n) is 0. The zero-order chi connectivity index (χ0) is 4.50. The van der Waals surface area contributed by atoms with Crippen molar-refractivity contribution < 1.29 is 53.2 Å². The molecule has 0 saturated carbocycles. The number of halogens is 1. The van der Waals surface area contributed by atoms with E-state index < -0.39 is 10.2 Å². The van der Waals surface area contributed by atoms with Crippen molar-refractivity contribution in [2.24, 2.45) is 0 Å². The Hall–Kier alpha value is 0.687. The Labute approximate surface area is 53.8 Å². The Bertz CT molecular complexity index is 23.6. The van der Waals surface area contributed by atoms with Crippen molar-refractivity contribution >= 4 is 0 Å². The Morgan fingerprint density at radius 3 is 0.857 bits per heavy atom. The van der Waals surface area contributed by atoms with E-state index in [0.717, 1.165) is 0 Å². The molecule has 0 saturated heterocycles. The molecule has 0 aromatic carbocycles. The van der Waals surface area contributed by atoms with Gasteiger partial charge in [-0.1, -0.05) is 0 Å². The van der Waals surface area contributed by atoms with Crippen LogP contribution in [-0.2, 0) is 0 Å². The Balaban J connectivity index is -0.0000000800. The van der Waals surface area contributed by atoms with E-state index in [0.29, 0.717) is 0 Å². The van der Waals surface area contributed by atoms with Crippen LogP contribution in [0.15, 0.2) is 0 Å². The molecule has 0 amide bonds. The van der Waals surface area contributed by atoms with Crippen molar-refractivity contribution in [3.63, 3.8) is 0 Å². The van der Waals surface area contributed by atoms with Crippen LogP contribution >= 0.6 is 0 Å². The molecule has 0 aliphatic carbocycles. The molecular weight excluding hydrogens is 122 g/mol. The molecule has 0 unspecified atom stereocenters. The first-order chi connectivity index (χ1) is 2.00. The molecular formula is H2ClLiO5. The molecule has 2 N–H and O–H groups in total. The van der Waals surface area contributed by atoms with Gasteiger partial charge in [-0.2, -0.15) is 0 Å². The summed E-state index contributed by atoms with van der Waals surface area (Å²) in [6, 6.07) is 0. The standard InChI is InChI=1S/ClHO4.Li.H2O/c2-1(3,4)5;;/h(H,2,3,4,5);;1H2/q;+1;/p-1. The smallest absolute Gasteiger partial charge is 0.412 e. The molecule has 0 bridgehead atoms. The first kappa shape index (κ1) is 15.6. The van der Waals surface area contributed by atoms with Crippen LogP contribution in [0.5, 0.6) is 0 Å². The maximum Gasteiger partial charge on any atom is 1.00 e. The van der Waals surface area contributed by atoms with Gasteiger partial charge in [0.25, 0.3) is 0 Å². The van der Waals surface area contributed by atoms with Gasteiger partial charge < -0.3 is 5.48 Å². The third-order valence-electron chi connectivity index (χ3n) is 0. The quantitative estimate of drug-likeness (QED) is 0.297. The molecule has 0 atom stereocenters. The third-order valence-corrected chi connectivity index (χ3v) is 0. The second-order valence-electron chi connectivity index (χ2n) is 0.378. The minimum atomic E-state index is -4.94. The van der Waals surface area contributed by atoms with Crippen molar-refractivity contribution in [3.8, 4) is 0 Å². The summed E-state index contributed by atoms with van der Waals surface area (Å²) >= 11 is 0. The third kappa shape index (κ3) is 311. The van der Waals surface area contributed by atoms with E-state index >= 15 is 0 Å². The van der Waals surface area contributed by atoms with E-state index in [9.17, 15) is 0 Å². The van der Waals surface area contributed by atoms with Gasteiger partial charge in [0.1, 0.15) is 0 Å². The zero-order valence-electron chi connectivity index (χ0n) is 3.51. The SMILES string of the molecule is O.[Li+].[O-][Cl+3]([O-])([O-])[O-]. The van der Waals surface area contributed by atoms with Crippen molar-refractivity contribution in [1.29, 1.82) is 0 Å². The minimum Gasteiger partial charge on any atom is -0.412 e. The van der Waals surface area contributed by atoms with Crippen LogP contribution in [0.4, 0.5) is 0 Å². The van der Waals surface area contributed by atoms with Crippen LogP contribution in [0.25, 0.3) is 0 Å². The van der Waals surface area contributed by atoms with Crippen LogP contribution in [-0.4, -0.2) is 5.48 Å². The molecule has 5 nitrogen and oxygen atoms in total. The van der Waals surface area contributed by atoms with Crippen LogP contribution in [0.2, 0.25) is 0 Å². The molecule has 7 heavy (non-hydrogen) atoms. The van der Waals surface area contributed by atoms with Gasteiger partial charge in [0.05, 0.1) is 0 Å². The average molecular weight is 124 g/mol. The molecule has 0 radical (unpaired) electrons. The normalized spacial score (nSPS) is 8.57. The van der Waals surface area contributed by atoms with E-state index in [4.69, 9.17) is 18.6 Å². The van der Waals surface area contributed by atoms with Crippen LogP contribution < -0.4 is 37.5 Å².